The summed E-state index contributed by atoms with van der Waals surface area (Å²) in [6, 6.07) is 28.3. The van der Waals surface area contributed by atoms with Gasteiger partial charge in [0.05, 0.1) is 5.69 Å². The number of hydrogen-bond donors (Lipinski definition) is 0. The molecule has 2 aromatic heterocycles. The van der Waals surface area contributed by atoms with E-state index in [1.54, 1.807) is 0 Å². The van der Waals surface area contributed by atoms with E-state index in [0.29, 0.717) is 0 Å². The van der Waals surface area contributed by atoms with Crippen LogP contribution in [0.25, 0.3) is 44.3 Å². The molecule has 5 aromatic rings. The van der Waals surface area contributed by atoms with E-state index in [9.17, 15) is 0 Å². The van der Waals surface area contributed by atoms with Gasteiger partial charge in [-0.25, -0.2) is 0 Å². The minimum Gasteiger partial charge on any atom is -0.264 e. The number of rotatable bonds is 3. The summed E-state index contributed by atoms with van der Waals surface area (Å²) < 4.78 is 0. The van der Waals surface area contributed by atoms with Crippen molar-refractivity contribution in [3.63, 3.8) is 0 Å². The van der Waals surface area contributed by atoms with Crippen molar-refractivity contribution in [1.29, 1.82) is 0 Å². The van der Waals surface area contributed by atoms with E-state index < -0.39 is 0 Å². The molecule has 3 aromatic carbocycles. The van der Waals surface area contributed by atoms with Gasteiger partial charge in [-0.15, -0.1) is 0 Å². The van der Waals surface area contributed by atoms with Gasteiger partial charge >= 0.3 is 0 Å². The number of pyridine rings is 2. The first-order chi connectivity index (χ1) is 15.9. The van der Waals surface area contributed by atoms with Crippen LogP contribution in [-0.2, 0) is 5.41 Å². The molecule has 0 unspecified atom stereocenters. The normalized spacial score (nSPS) is 11.6. The Bertz CT molecular complexity index is 1420. The topological polar surface area (TPSA) is 25.8 Å². The van der Waals surface area contributed by atoms with Crippen molar-refractivity contribution >= 4 is 10.8 Å². The quantitative estimate of drug-likeness (QED) is 0.289. The molecule has 0 radical (unpaired) electrons. The van der Waals surface area contributed by atoms with Crippen LogP contribution >= 0.6 is 0 Å². The smallest absolute Gasteiger partial charge is 0.0704 e. The van der Waals surface area contributed by atoms with Crippen molar-refractivity contribution in [2.24, 2.45) is 0 Å². The molecule has 0 N–H and O–H groups in total. The fraction of sp³-hybridized carbons (Fsp3) is 0.161. The number of nitrogens with zero attached hydrogens (tertiary/aromatic N) is 2. The maximum Gasteiger partial charge on any atom is 0.0704 e. The molecule has 0 atom stereocenters. The van der Waals surface area contributed by atoms with Gasteiger partial charge in [0.1, 0.15) is 0 Å². The SMILES string of the molecule is Cc1ccc(-c2ccc(-c3ccc(-c4cc(C(C)(C)C)ccn4)cc3)c3ccncc23)cc1. The van der Waals surface area contributed by atoms with Crippen LogP contribution < -0.4 is 0 Å². The van der Waals surface area contributed by atoms with Crippen LogP contribution in [0.5, 0.6) is 0 Å². The van der Waals surface area contributed by atoms with Crippen LogP contribution in [0, 0.1) is 6.92 Å². The highest BCUT2D eigenvalue weighted by atomic mass is 14.7. The number of fused-ring (bicyclic) bond motifs is 1. The molecule has 0 aliphatic heterocycles. The second-order valence-corrected chi connectivity index (χ2v) is 9.71. The molecule has 0 saturated carbocycles. The Morgan fingerprint density at radius 1 is 0.606 bits per heavy atom. The van der Waals surface area contributed by atoms with Gasteiger partial charge in [-0.05, 0) is 63.7 Å². The lowest BCUT2D eigenvalue weighted by atomic mass is 9.87. The van der Waals surface area contributed by atoms with Crippen molar-refractivity contribution < 1.29 is 0 Å². The molecule has 2 heterocycles. The summed E-state index contributed by atoms with van der Waals surface area (Å²) in [4.78, 5) is 9.04. The van der Waals surface area contributed by atoms with E-state index in [1.165, 1.54) is 44.2 Å². The molecular weight excluding hydrogens is 400 g/mol. The molecule has 0 aliphatic rings. The summed E-state index contributed by atoms with van der Waals surface area (Å²) in [5.41, 5.74) is 9.63. The number of aromatic nitrogens is 2. The Hall–Kier alpha value is -3.78. The van der Waals surface area contributed by atoms with Crippen molar-refractivity contribution in [2.45, 2.75) is 33.1 Å². The lowest BCUT2D eigenvalue weighted by molar-refractivity contribution is 0.589. The second-order valence-electron chi connectivity index (χ2n) is 9.71. The Balaban J connectivity index is 1.55. The number of hydrogen-bond acceptors (Lipinski definition) is 2. The van der Waals surface area contributed by atoms with Gasteiger partial charge in [-0.3, -0.25) is 9.97 Å². The Kier molecular flexibility index (Phi) is 5.30. The highest BCUT2D eigenvalue weighted by molar-refractivity contribution is 6.04. The van der Waals surface area contributed by atoms with Crippen molar-refractivity contribution in [3.8, 4) is 33.5 Å². The van der Waals surface area contributed by atoms with E-state index >= 15 is 0 Å². The fourth-order valence-electron chi connectivity index (χ4n) is 4.30. The van der Waals surface area contributed by atoms with Crippen molar-refractivity contribution in [3.05, 3.63) is 109 Å². The van der Waals surface area contributed by atoms with Crippen LogP contribution in [0.1, 0.15) is 31.9 Å². The molecule has 33 heavy (non-hydrogen) atoms. The number of benzene rings is 3. The molecule has 2 heteroatoms. The molecule has 0 amide bonds. The van der Waals surface area contributed by atoms with E-state index in [2.05, 4.69) is 117 Å². The summed E-state index contributed by atoms with van der Waals surface area (Å²) >= 11 is 0. The highest BCUT2D eigenvalue weighted by Crippen LogP contribution is 2.36. The molecule has 162 valence electrons. The van der Waals surface area contributed by atoms with E-state index in [4.69, 9.17) is 0 Å². The van der Waals surface area contributed by atoms with E-state index in [1.807, 2.05) is 18.6 Å². The maximum absolute atomic E-state index is 4.62. The molecule has 0 bridgehead atoms. The lowest BCUT2D eigenvalue weighted by Crippen LogP contribution is -2.11. The van der Waals surface area contributed by atoms with Gasteiger partial charge in [0.2, 0.25) is 0 Å². The van der Waals surface area contributed by atoms with Gasteiger partial charge in [-0.1, -0.05) is 87.0 Å². The van der Waals surface area contributed by atoms with Gasteiger partial charge in [0, 0.05) is 29.5 Å². The third-order valence-corrected chi connectivity index (χ3v) is 6.30. The summed E-state index contributed by atoms with van der Waals surface area (Å²) in [6.45, 7) is 8.81. The van der Waals surface area contributed by atoms with Crippen LogP contribution in [0.4, 0.5) is 0 Å². The van der Waals surface area contributed by atoms with Crippen LogP contribution in [0.15, 0.2) is 97.5 Å². The fourth-order valence-corrected chi connectivity index (χ4v) is 4.30. The largest absolute Gasteiger partial charge is 0.264 e. The van der Waals surface area contributed by atoms with Gasteiger partial charge in [0.25, 0.3) is 0 Å². The molecule has 0 fully saturated rings. The first-order valence-corrected chi connectivity index (χ1v) is 11.4. The second kappa shape index (κ2) is 8.29. The van der Waals surface area contributed by atoms with E-state index in [0.717, 1.165) is 11.3 Å². The first kappa shape index (κ1) is 21.1. The summed E-state index contributed by atoms with van der Waals surface area (Å²) in [5.74, 6) is 0. The monoisotopic (exact) mass is 428 g/mol. The van der Waals surface area contributed by atoms with Crippen LogP contribution in [-0.4, -0.2) is 9.97 Å². The molecule has 5 rings (SSSR count). The maximum atomic E-state index is 4.62. The zero-order valence-corrected chi connectivity index (χ0v) is 19.6. The lowest BCUT2D eigenvalue weighted by Gasteiger charge is -2.19. The Labute approximate surface area is 196 Å². The molecule has 0 aliphatic carbocycles. The minimum atomic E-state index is 0.101. The predicted octanol–water partition coefficient (Wildman–Crippen LogP) is 8.24. The predicted molar refractivity (Wildman–Crippen MR) is 139 cm³/mol. The van der Waals surface area contributed by atoms with E-state index in [-0.39, 0.29) is 5.41 Å². The van der Waals surface area contributed by atoms with Crippen LogP contribution in [0.2, 0.25) is 0 Å². The van der Waals surface area contributed by atoms with Gasteiger partial charge in [0.15, 0.2) is 0 Å². The van der Waals surface area contributed by atoms with Crippen molar-refractivity contribution in [1.82, 2.24) is 9.97 Å². The average Bonchev–Trinajstić information content (AvgIpc) is 2.84. The standard InChI is InChI=1S/C31H28N2/c1-21-5-7-22(8-6-21)27-14-13-26(28-16-17-32-20-29(27)28)23-9-11-24(12-10-23)30-19-25(15-18-33-30)31(2,3)4/h5-20H,1-4H3. The third-order valence-electron chi connectivity index (χ3n) is 6.30. The Morgan fingerprint density at radius 2 is 1.21 bits per heavy atom. The molecule has 0 saturated heterocycles. The van der Waals surface area contributed by atoms with Crippen LogP contribution in [0.3, 0.4) is 0 Å². The molecular formula is C31H28N2. The first-order valence-electron chi connectivity index (χ1n) is 11.4. The summed E-state index contributed by atoms with van der Waals surface area (Å²) in [6.07, 6.45) is 5.76. The van der Waals surface area contributed by atoms with Gasteiger partial charge < -0.3 is 0 Å². The van der Waals surface area contributed by atoms with Gasteiger partial charge in [-0.2, -0.15) is 0 Å². The summed E-state index contributed by atoms with van der Waals surface area (Å²) in [5, 5.41) is 2.38. The minimum absolute atomic E-state index is 0.101. The Morgan fingerprint density at radius 3 is 1.88 bits per heavy atom. The zero-order valence-electron chi connectivity index (χ0n) is 19.6. The summed E-state index contributed by atoms with van der Waals surface area (Å²) in [7, 11) is 0. The average molecular weight is 429 g/mol. The molecule has 0 spiro atoms. The molecule has 2 nitrogen and oxygen atoms in total. The third kappa shape index (κ3) is 4.17. The number of aryl methyl sites for hydroxylation is 1. The van der Waals surface area contributed by atoms with Crippen molar-refractivity contribution in [2.75, 3.05) is 0 Å². The zero-order chi connectivity index (χ0) is 23.0. The highest BCUT2D eigenvalue weighted by Gasteiger charge is 2.15.